The molecule has 0 radical (unpaired) electrons. The van der Waals surface area contributed by atoms with Gasteiger partial charge in [-0.25, -0.2) is 4.79 Å². The summed E-state index contributed by atoms with van der Waals surface area (Å²) in [6.45, 7) is 0.752. The topological polar surface area (TPSA) is 106 Å². The van der Waals surface area contributed by atoms with Crippen LogP contribution in [-0.4, -0.2) is 57.8 Å². The van der Waals surface area contributed by atoms with Gasteiger partial charge in [-0.3, -0.25) is 4.79 Å². The van der Waals surface area contributed by atoms with Gasteiger partial charge in [0, 0.05) is 25.3 Å². The molecular formula is C14H19N3O5. The van der Waals surface area contributed by atoms with E-state index in [1.807, 2.05) is 0 Å². The van der Waals surface area contributed by atoms with Crippen LogP contribution >= 0.6 is 0 Å². The predicted molar refractivity (Wildman–Crippen MR) is 73.2 cm³/mol. The molecule has 2 heterocycles. The zero-order valence-corrected chi connectivity index (χ0v) is 12.2. The zero-order chi connectivity index (χ0) is 15.5. The third-order valence-corrected chi connectivity index (χ3v) is 3.94. The number of carbonyl (C=O) groups excluding carboxylic acids is 1. The molecule has 1 amide bonds. The summed E-state index contributed by atoms with van der Waals surface area (Å²) in [7, 11) is 0. The monoisotopic (exact) mass is 309 g/mol. The molecule has 1 aliphatic carbocycles. The Hall–Kier alpha value is -1.96. The molecule has 0 spiro atoms. The average molecular weight is 309 g/mol. The lowest BCUT2D eigenvalue weighted by atomic mass is 10.1. The minimum atomic E-state index is -1.03. The van der Waals surface area contributed by atoms with E-state index >= 15 is 0 Å². The van der Waals surface area contributed by atoms with Crippen molar-refractivity contribution in [2.45, 2.75) is 44.1 Å². The predicted octanol–water partition coefficient (Wildman–Crippen LogP) is 0.582. The standard InChI is InChI=1S/C14H19N3O5/c18-12(17-6-7-21-8-10(17)14(19)20)3-1-2-11-15-13(16-22-11)9-4-5-9/h9-10H,1-8H2,(H,19,20). The van der Waals surface area contributed by atoms with Crippen LogP contribution < -0.4 is 0 Å². The Morgan fingerprint density at radius 3 is 2.91 bits per heavy atom. The van der Waals surface area contributed by atoms with Crippen LogP contribution in [0.2, 0.25) is 0 Å². The van der Waals surface area contributed by atoms with Crippen LogP contribution in [0.3, 0.4) is 0 Å². The van der Waals surface area contributed by atoms with E-state index in [0.29, 0.717) is 37.8 Å². The number of carboxylic acids is 1. The number of hydrogen-bond donors (Lipinski definition) is 1. The van der Waals surface area contributed by atoms with E-state index < -0.39 is 12.0 Å². The maximum Gasteiger partial charge on any atom is 0.328 e. The fraction of sp³-hybridized carbons (Fsp3) is 0.714. The van der Waals surface area contributed by atoms with Gasteiger partial charge in [-0.15, -0.1) is 0 Å². The van der Waals surface area contributed by atoms with Crippen LogP contribution in [0.5, 0.6) is 0 Å². The SMILES string of the molecule is O=C(O)C1COCCN1C(=O)CCCc1nc(C2CC2)no1. The Morgan fingerprint density at radius 1 is 1.36 bits per heavy atom. The minimum absolute atomic E-state index is 0.0511. The molecule has 1 unspecified atom stereocenters. The first-order chi connectivity index (χ1) is 10.6. The van der Waals surface area contributed by atoms with E-state index in [9.17, 15) is 9.59 Å². The van der Waals surface area contributed by atoms with E-state index in [1.54, 1.807) is 0 Å². The van der Waals surface area contributed by atoms with Crippen molar-refractivity contribution in [1.82, 2.24) is 15.0 Å². The van der Waals surface area contributed by atoms with Crippen molar-refractivity contribution in [2.24, 2.45) is 0 Å². The number of aryl methyl sites for hydroxylation is 1. The van der Waals surface area contributed by atoms with Crippen molar-refractivity contribution in [2.75, 3.05) is 19.8 Å². The van der Waals surface area contributed by atoms with E-state index in [2.05, 4.69) is 10.1 Å². The first-order valence-corrected chi connectivity index (χ1v) is 7.57. The summed E-state index contributed by atoms with van der Waals surface area (Å²) in [6.07, 6.45) is 3.60. The highest BCUT2D eigenvalue weighted by Gasteiger charge is 2.32. The lowest BCUT2D eigenvalue weighted by Crippen LogP contribution is -2.52. The lowest BCUT2D eigenvalue weighted by Gasteiger charge is -2.32. The van der Waals surface area contributed by atoms with Crippen molar-refractivity contribution in [3.05, 3.63) is 11.7 Å². The maximum atomic E-state index is 12.2. The molecule has 0 bridgehead atoms. The lowest BCUT2D eigenvalue weighted by molar-refractivity contribution is -0.158. The van der Waals surface area contributed by atoms with Gasteiger partial charge in [-0.05, 0) is 19.3 Å². The summed E-state index contributed by atoms with van der Waals surface area (Å²) < 4.78 is 10.3. The molecule has 0 aromatic carbocycles. The first kappa shape index (κ1) is 15.0. The maximum absolute atomic E-state index is 12.2. The second-order valence-electron chi connectivity index (χ2n) is 5.69. The first-order valence-electron chi connectivity index (χ1n) is 7.57. The molecule has 8 heteroatoms. The highest BCUT2D eigenvalue weighted by atomic mass is 16.5. The van der Waals surface area contributed by atoms with Crippen LogP contribution in [0.15, 0.2) is 4.52 Å². The normalized spacial score (nSPS) is 21.8. The number of carboxylic acid groups (broad SMARTS) is 1. The molecule has 1 atom stereocenters. The molecule has 1 aliphatic heterocycles. The van der Waals surface area contributed by atoms with Gasteiger partial charge in [0.2, 0.25) is 11.8 Å². The smallest absolute Gasteiger partial charge is 0.328 e. The summed E-state index contributed by atoms with van der Waals surface area (Å²) >= 11 is 0. The van der Waals surface area contributed by atoms with Crippen molar-refractivity contribution < 1.29 is 24.0 Å². The van der Waals surface area contributed by atoms with Crippen LogP contribution in [-0.2, 0) is 20.7 Å². The zero-order valence-electron chi connectivity index (χ0n) is 12.2. The number of ether oxygens (including phenoxy) is 1. The number of amides is 1. The average Bonchev–Trinajstić information content (AvgIpc) is 3.27. The van der Waals surface area contributed by atoms with Gasteiger partial charge < -0.3 is 19.3 Å². The quantitative estimate of drug-likeness (QED) is 0.819. The fourth-order valence-electron chi connectivity index (χ4n) is 2.52. The van der Waals surface area contributed by atoms with Crippen molar-refractivity contribution in [1.29, 1.82) is 0 Å². The summed E-state index contributed by atoms with van der Waals surface area (Å²) in [5.74, 6) is 0.562. The van der Waals surface area contributed by atoms with Crippen LogP contribution in [0, 0.1) is 0 Å². The van der Waals surface area contributed by atoms with Crippen LogP contribution in [0.1, 0.15) is 43.3 Å². The van der Waals surface area contributed by atoms with Gasteiger partial charge in [-0.1, -0.05) is 5.16 Å². The van der Waals surface area contributed by atoms with Crippen molar-refractivity contribution in [3.63, 3.8) is 0 Å². The number of rotatable bonds is 6. The van der Waals surface area contributed by atoms with Gasteiger partial charge in [0.05, 0.1) is 13.2 Å². The molecule has 1 saturated heterocycles. The number of hydrogen-bond acceptors (Lipinski definition) is 6. The summed E-state index contributed by atoms with van der Waals surface area (Å²) in [5, 5.41) is 13.0. The Morgan fingerprint density at radius 2 is 2.18 bits per heavy atom. The molecule has 2 aliphatic rings. The molecule has 1 aromatic rings. The molecule has 1 N–H and O–H groups in total. The molecule has 8 nitrogen and oxygen atoms in total. The number of morpholine rings is 1. The Labute approximate surface area is 127 Å². The second-order valence-corrected chi connectivity index (χ2v) is 5.69. The minimum Gasteiger partial charge on any atom is -0.480 e. The Bertz CT molecular complexity index is 554. The molecule has 1 aromatic heterocycles. The van der Waals surface area contributed by atoms with E-state index in [0.717, 1.165) is 18.7 Å². The summed E-state index contributed by atoms with van der Waals surface area (Å²) in [4.78, 5) is 29.0. The van der Waals surface area contributed by atoms with Crippen molar-refractivity contribution >= 4 is 11.9 Å². The number of aromatic nitrogens is 2. The summed E-state index contributed by atoms with van der Waals surface area (Å²) in [6, 6.07) is -0.883. The highest BCUT2D eigenvalue weighted by molar-refractivity contribution is 5.83. The fourth-order valence-corrected chi connectivity index (χ4v) is 2.52. The van der Waals surface area contributed by atoms with E-state index in [4.69, 9.17) is 14.4 Å². The van der Waals surface area contributed by atoms with Gasteiger partial charge in [0.1, 0.15) is 0 Å². The van der Waals surface area contributed by atoms with Gasteiger partial charge >= 0.3 is 5.97 Å². The van der Waals surface area contributed by atoms with Gasteiger partial charge in [-0.2, -0.15) is 4.98 Å². The van der Waals surface area contributed by atoms with Gasteiger partial charge in [0.25, 0.3) is 0 Å². The third-order valence-electron chi connectivity index (χ3n) is 3.94. The molecule has 2 fully saturated rings. The van der Waals surface area contributed by atoms with E-state index in [1.165, 1.54) is 4.90 Å². The molecule has 22 heavy (non-hydrogen) atoms. The highest BCUT2D eigenvalue weighted by Crippen LogP contribution is 2.38. The Kier molecular flexibility index (Phi) is 4.37. The molecular weight excluding hydrogens is 290 g/mol. The molecule has 3 rings (SSSR count). The number of nitrogens with zero attached hydrogens (tertiary/aromatic N) is 3. The van der Waals surface area contributed by atoms with Crippen LogP contribution in [0.25, 0.3) is 0 Å². The molecule has 120 valence electrons. The van der Waals surface area contributed by atoms with Crippen molar-refractivity contribution in [3.8, 4) is 0 Å². The largest absolute Gasteiger partial charge is 0.480 e. The number of carbonyl (C=O) groups is 2. The Balaban J connectivity index is 1.47. The van der Waals surface area contributed by atoms with E-state index in [-0.39, 0.29) is 18.9 Å². The van der Waals surface area contributed by atoms with Gasteiger partial charge in [0.15, 0.2) is 11.9 Å². The second kappa shape index (κ2) is 6.43. The number of aliphatic carboxylic acids is 1. The molecule has 1 saturated carbocycles. The third kappa shape index (κ3) is 3.44. The van der Waals surface area contributed by atoms with Crippen LogP contribution in [0.4, 0.5) is 0 Å². The summed E-state index contributed by atoms with van der Waals surface area (Å²) in [5.41, 5.74) is 0.